The van der Waals surface area contributed by atoms with Gasteiger partial charge in [0, 0.05) is 35.1 Å². The summed E-state index contributed by atoms with van der Waals surface area (Å²) in [5.41, 5.74) is 0. The van der Waals surface area contributed by atoms with Gasteiger partial charge in [-0.3, -0.25) is 4.98 Å². The van der Waals surface area contributed by atoms with Crippen LogP contribution >= 0.6 is 11.8 Å². The van der Waals surface area contributed by atoms with Crippen LogP contribution in [0.15, 0.2) is 29.4 Å². The molecular formula is C11H18N2S. The Morgan fingerprint density at radius 3 is 2.50 bits per heavy atom. The molecule has 0 amide bonds. The average Bonchev–Trinajstić information content (AvgIpc) is 2.16. The normalized spacial score (nSPS) is 13.1. The van der Waals surface area contributed by atoms with Gasteiger partial charge >= 0.3 is 0 Å². The van der Waals surface area contributed by atoms with E-state index in [1.165, 1.54) is 4.90 Å². The van der Waals surface area contributed by atoms with Crippen LogP contribution in [0.1, 0.15) is 20.8 Å². The van der Waals surface area contributed by atoms with Crippen molar-refractivity contribution in [2.75, 3.05) is 6.54 Å². The number of hydrogen-bond acceptors (Lipinski definition) is 3. The molecule has 1 aromatic rings. The van der Waals surface area contributed by atoms with Crippen molar-refractivity contribution in [3.8, 4) is 0 Å². The molecule has 1 rings (SSSR count). The molecule has 0 aliphatic rings. The Morgan fingerprint density at radius 2 is 1.93 bits per heavy atom. The van der Waals surface area contributed by atoms with Crippen molar-refractivity contribution in [2.24, 2.45) is 0 Å². The number of aromatic nitrogens is 1. The van der Waals surface area contributed by atoms with Crippen LogP contribution in [0, 0.1) is 0 Å². The summed E-state index contributed by atoms with van der Waals surface area (Å²) in [7, 11) is 0. The first kappa shape index (κ1) is 11.5. The molecule has 1 aromatic heterocycles. The van der Waals surface area contributed by atoms with Gasteiger partial charge in [0.2, 0.25) is 0 Å². The smallest absolute Gasteiger partial charge is 0.0278 e. The van der Waals surface area contributed by atoms with Gasteiger partial charge in [-0.15, -0.1) is 11.8 Å². The zero-order chi connectivity index (χ0) is 10.4. The molecule has 14 heavy (non-hydrogen) atoms. The number of pyridine rings is 1. The lowest BCUT2D eigenvalue weighted by Crippen LogP contribution is -2.28. The SMILES string of the molecule is CC(C)NCC(C)Sc1ccncc1. The largest absolute Gasteiger partial charge is 0.313 e. The number of nitrogens with zero attached hydrogens (tertiary/aromatic N) is 1. The number of hydrogen-bond donors (Lipinski definition) is 1. The Bertz CT molecular complexity index is 249. The summed E-state index contributed by atoms with van der Waals surface area (Å²) in [5.74, 6) is 0. The molecule has 0 aliphatic heterocycles. The van der Waals surface area contributed by atoms with Gasteiger partial charge in [-0.25, -0.2) is 0 Å². The maximum atomic E-state index is 4.00. The summed E-state index contributed by atoms with van der Waals surface area (Å²) in [6, 6.07) is 4.67. The third-order valence-electron chi connectivity index (χ3n) is 1.80. The number of thioether (sulfide) groups is 1. The monoisotopic (exact) mass is 210 g/mol. The Morgan fingerprint density at radius 1 is 1.29 bits per heavy atom. The molecule has 0 spiro atoms. The highest BCUT2D eigenvalue weighted by Crippen LogP contribution is 2.21. The van der Waals surface area contributed by atoms with E-state index in [-0.39, 0.29) is 0 Å². The van der Waals surface area contributed by atoms with E-state index in [0.29, 0.717) is 11.3 Å². The highest BCUT2D eigenvalue weighted by atomic mass is 32.2. The Kier molecular flexibility index (Phi) is 4.98. The molecule has 0 aliphatic carbocycles. The fraction of sp³-hybridized carbons (Fsp3) is 0.545. The molecular weight excluding hydrogens is 192 g/mol. The van der Waals surface area contributed by atoms with Gasteiger partial charge in [0.05, 0.1) is 0 Å². The molecule has 3 heteroatoms. The number of rotatable bonds is 5. The fourth-order valence-electron chi connectivity index (χ4n) is 1.09. The van der Waals surface area contributed by atoms with Crippen LogP contribution in [0.4, 0.5) is 0 Å². The molecule has 0 fully saturated rings. The van der Waals surface area contributed by atoms with E-state index in [0.717, 1.165) is 6.54 Å². The summed E-state index contributed by atoms with van der Waals surface area (Å²) in [5, 5.41) is 4.03. The Balaban J connectivity index is 2.30. The van der Waals surface area contributed by atoms with E-state index in [1.807, 2.05) is 24.2 Å². The quantitative estimate of drug-likeness (QED) is 0.756. The van der Waals surface area contributed by atoms with E-state index < -0.39 is 0 Å². The first-order chi connectivity index (χ1) is 6.68. The molecule has 0 saturated heterocycles. The standard InChI is InChI=1S/C11H18N2S/c1-9(2)13-8-10(3)14-11-4-6-12-7-5-11/h4-7,9-10,13H,8H2,1-3H3. The second-order valence-corrected chi connectivity index (χ2v) is 5.19. The first-order valence-electron chi connectivity index (χ1n) is 4.98. The van der Waals surface area contributed by atoms with Crippen molar-refractivity contribution in [1.29, 1.82) is 0 Å². The zero-order valence-electron chi connectivity index (χ0n) is 9.03. The lowest BCUT2D eigenvalue weighted by molar-refractivity contribution is 0.589. The third kappa shape index (κ3) is 4.63. The van der Waals surface area contributed by atoms with Crippen molar-refractivity contribution >= 4 is 11.8 Å². The van der Waals surface area contributed by atoms with Crippen LogP contribution in [0.2, 0.25) is 0 Å². The van der Waals surface area contributed by atoms with Crippen LogP contribution < -0.4 is 5.32 Å². The van der Waals surface area contributed by atoms with Gasteiger partial charge in [0.15, 0.2) is 0 Å². The summed E-state index contributed by atoms with van der Waals surface area (Å²) in [6.07, 6.45) is 3.68. The van der Waals surface area contributed by atoms with Gasteiger partial charge in [0.25, 0.3) is 0 Å². The summed E-state index contributed by atoms with van der Waals surface area (Å²) >= 11 is 1.88. The van der Waals surface area contributed by atoms with E-state index in [4.69, 9.17) is 0 Å². The Hall–Kier alpha value is -0.540. The lowest BCUT2D eigenvalue weighted by Gasteiger charge is -2.14. The second kappa shape index (κ2) is 6.04. The number of nitrogens with one attached hydrogen (secondary N) is 1. The van der Waals surface area contributed by atoms with Crippen molar-refractivity contribution in [3.63, 3.8) is 0 Å². The average molecular weight is 210 g/mol. The second-order valence-electron chi connectivity index (χ2n) is 3.67. The minimum absolute atomic E-state index is 0.565. The van der Waals surface area contributed by atoms with Crippen molar-refractivity contribution < 1.29 is 0 Å². The van der Waals surface area contributed by atoms with Crippen LogP contribution in [-0.4, -0.2) is 22.8 Å². The van der Waals surface area contributed by atoms with Crippen molar-refractivity contribution in [1.82, 2.24) is 10.3 Å². The van der Waals surface area contributed by atoms with Crippen LogP contribution in [0.3, 0.4) is 0 Å². The van der Waals surface area contributed by atoms with Gasteiger partial charge < -0.3 is 5.32 Å². The first-order valence-corrected chi connectivity index (χ1v) is 5.86. The van der Waals surface area contributed by atoms with E-state index in [1.54, 1.807) is 0 Å². The minimum Gasteiger partial charge on any atom is -0.313 e. The van der Waals surface area contributed by atoms with Crippen molar-refractivity contribution in [3.05, 3.63) is 24.5 Å². The molecule has 2 nitrogen and oxygen atoms in total. The molecule has 1 atom stereocenters. The van der Waals surface area contributed by atoms with Gasteiger partial charge in [-0.2, -0.15) is 0 Å². The van der Waals surface area contributed by atoms with E-state index in [9.17, 15) is 0 Å². The molecule has 0 radical (unpaired) electrons. The summed E-state index contributed by atoms with van der Waals surface area (Å²) in [6.45, 7) is 7.62. The maximum Gasteiger partial charge on any atom is 0.0278 e. The molecule has 0 aromatic carbocycles. The topological polar surface area (TPSA) is 24.9 Å². The molecule has 0 saturated carbocycles. The lowest BCUT2D eigenvalue weighted by atomic mass is 10.3. The molecule has 1 unspecified atom stereocenters. The van der Waals surface area contributed by atoms with Crippen LogP contribution in [0.5, 0.6) is 0 Å². The van der Waals surface area contributed by atoms with Gasteiger partial charge in [-0.05, 0) is 12.1 Å². The molecule has 1 N–H and O–H groups in total. The highest BCUT2D eigenvalue weighted by Gasteiger charge is 2.04. The van der Waals surface area contributed by atoms with Gasteiger partial charge in [0.1, 0.15) is 0 Å². The summed E-state index contributed by atoms with van der Waals surface area (Å²) < 4.78 is 0. The van der Waals surface area contributed by atoms with Crippen LogP contribution in [0.25, 0.3) is 0 Å². The highest BCUT2D eigenvalue weighted by molar-refractivity contribution is 8.00. The predicted molar refractivity (Wildman–Crippen MR) is 62.7 cm³/mol. The van der Waals surface area contributed by atoms with Crippen molar-refractivity contribution in [2.45, 2.75) is 37.0 Å². The molecule has 0 bridgehead atoms. The molecule has 1 heterocycles. The Labute approximate surface area is 90.5 Å². The predicted octanol–water partition coefficient (Wildman–Crippen LogP) is 2.56. The third-order valence-corrected chi connectivity index (χ3v) is 2.91. The maximum absolute atomic E-state index is 4.00. The van der Waals surface area contributed by atoms with Crippen LogP contribution in [-0.2, 0) is 0 Å². The van der Waals surface area contributed by atoms with Gasteiger partial charge in [-0.1, -0.05) is 20.8 Å². The van der Waals surface area contributed by atoms with E-state index in [2.05, 4.69) is 43.2 Å². The summed E-state index contributed by atoms with van der Waals surface area (Å²) in [4.78, 5) is 5.29. The van der Waals surface area contributed by atoms with E-state index >= 15 is 0 Å². The minimum atomic E-state index is 0.565. The fourth-order valence-corrected chi connectivity index (χ4v) is 2.02. The zero-order valence-corrected chi connectivity index (χ0v) is 9.84. The molecule has 78 valence electrons.